The van der Waals surface area contributed by atoms with Gasteiger partial charge in [-0.1, -0.05) is 19.0 Å². The summed E-state index contributed by atoms with van der Waals surface area (Å²) in [7, 11) is 0. The zero-order valence-corrected chi connectivity index (χ0v) is 18.4. The molecule has 2 rings (SSSR count). The lowest BCUT2D eigenvalue weighted by molar-refractivity contribution is -0.143. The number of aryl methyl sites for hydroxylation is 2. The summed E-state index contributed by atoms with van der Waals surface area (Å²) in [6, 6.07) is -0.0473. The minimum Gasteiger partial charge on any atom is -0.361 e. The molecule has 27 heavy (non-hydrogen) atoms. The maximum absolute atomic E-state index is 12.5. The molecule has 0 saturated carbocycles. The molecule has 1 atom stereocenters. The third-order valence-electron chi connectivity index (χ3n) is 4.36. The first-order valence-electron chi connectivity index (χ1n) is 9.16. The number of guanidine groups is 1. The first-order chi connectivity index (χ1) is 12.4. The molecule has 1 saturated heterocycles. The summed E-state index contributed by atoms with van der Waals surface area (Å²) in [5.41, 5.74) is 1.90. The van der Waals surface area contributed by atoms with E-state index >= 15 is 0 Å². The lowest BCUT2D eigenvalue weighted by Crippen LogP contribution is -2.45. The van der Waals surface area contributed by atoms with E-state index in [-0.39, 0.29) is 30.0 Å². The molecule has 156 valence electrons. The van der Waals surface area contributed by atoms with Crippen molar-refractivity contribution in [2.24, 2.45) is 4.99 Å². The fourth-order valence-corrected chi connectivity index (χ4v) is 3.14. The van der Waals surface area contributed by atoms with Crippen molar-refractivity contribution in [2.75, 3.05) is 26.2 Å². The van der Waals surface area contributed by atoms with E-state index in [0.29, 0.717) is 38.6 Å². The Morgan fingerprint density at radius 3 is 2.63 bits per heavy atom. The molecule has 0 amide bonds. The average molecular weight is 503 g/mol. The summed E-state index contributed by atoms with van der Waals surface area (Å²) in [6.45, 7) is 7.02. The molecule has 2 N–H and O–H groups in total. The zero-order valence-electron chi connectivity index (χ0n) is 16.0. The molecule has 1 aromatic heterocycles. The van der Waals surface area contributed by atoms with E-state index in [1.54, 1.807) is 0 Å². The molecule has 0 radical (unpaired) electrons. The largest absolute Gasteiger partial charge is 0.401 e. The highest BCUT2D eigenvalue weighted by atomic mass is 127. The summed E-state index contributed by atoms with van der Waals surface area (Å²) in [6.07, 6.45) is -1.98. The van der Waals surface area contributed by atoms with E-state index in [9.17, 15) is 13.2 Å². The van der Waals surface area contributed by atoms with Gasteiger partial charge in [0.1, 0.15) is 5.76 Å². The van der Waals surface area contributed by atoms with Gasteiger partial charge in [-0.15, -0.1) is 24.0 Å². The van der Waals surface area contributed by atoms with Gasteiger partial charge in [-0.05, 0) is 19.8 Å². The number of aromatic nitrogens is 1. The van der Waals surface area contributed by atoms with E-state index in [4.69, 9.17) is 4.52 Å². The van der Waals surface area contributed by atoms with Gasteiger partial charge in [0.2, 0.25) is 0 Å². The molecule has 1 aliphatic heterocycles. The second kappa shape index (κ2) is 11.1. The van der Waals surface area contributed by atoms with Gasteiger partial charge in [-0.2, -0.15) is 13.2 Å². The molecule has 1 unspecified atom stereocenters. The maximum Gasteiger partial charge on any atom is 0.401 e. The van der Waals surface area contributed by atoms with Crippen LogP contribution in [0.2, 0.25) is 0 Å². The molecule has 1 aliphatic rings. The van der Waals surface area contributed by atoms with Crippen LogP contribution in [0.25, 0.3) is 0 Å². The zero-order chi connectivity index (χ0) is 19.2. The number of nitrogens with one attached hydrogen (secondary N) is 2. The summed E-state index contributed by atoms with van der Waals surface area (Å²) in [5, 5.41) is 10.5. The minimum atomic E-state index is -4.16. The Balaban J connectivity index is 0.00000364. The second-order valence-corrected chi connectivity index (χ2v) is 6.41. The maximum atomic E-state index is 12.5. The van der Waals surface area contributed by atoms with E-state index in [1.165, 1.54) is 4.90 Å². The third-order valence-corrected chi connectivity index (χ3v) is 4.36. The Morgan fingerprint density at radius 1 is 1.30 bits per heavy atom. The third kappa shape index (κ3) is 7.47. The van der Waals surface area contributed by atoms with Gasteiger partial charge in [0.15, 0.2) is 5.96 Å². The summed E-state index contributed by atoms with van der Waals surface area (Å²) in [4.78, 5) is 6.01. The normalized spacial score (nSPS) is 18.4. The van der Waals surface area contributed by atoms with Crippen molar-refractivity contribution in [3.63, 3.8) is 0 Å². The molecule has 0 bridgehead atoms. The van der Waals surface area contributed by atoms with Crippen molar-refractivity contribution in [3.05, 3.63) is 17.0 Å². The quantitative estimate of drug-likeness (QED) is 0.340. The Hall–Kier alpha value is -1.04. The fourth-order valence-electron chi connectivity index (χ4n) is 3.14. The monoisotopic (exact) mass is 503 g/mol. The first kappa shape index (κ1) is 24.0. The van der Waals surface area contributed by atoms with Gasteiger partial charge in [0, 0.05) is 37.7 Å². The number of rotatable bonds is 7. The van der Waals surface area contributed by atoms with Crippen LogP contribution in [0.15, 0.2) is 9.52 Å². The molecule has 0 aliphatic carbocycles. The lowest BCUT2D eigenvalue weighted by atomic mass is 10.1. The first-order valence-corrected chi connectivity index (χ1v) is 9.16. The number of aliphatic imine (C=N–C) groups is 1. The Labute approximate surface area is 175 Å². The number of alkyl halides is 3. The van der Waals surface area contributed by atoms with Crippen LogP contribution in [0.5, 0.6) is 0 Å². The molecule has 0 aromatic carbocycles. The highest BCUT2D eigenvalue weighted by Gasteiger charge is 2.34. The van der Waals surface area contributed by atoms with Crippen molar-refractivity contribution in [1.82, 2.24) is 20.7 Å². The molecule has 10 heteroatoms. The van der Waals surface area contributed by atoms with Crippen LogP contribution in [0.4, 0.5) is 13.2 Å². The Kier molecular flexibility index (Phi) is 9.85. The predicted octanol–water partition coefficient (Wildman–Crippen LogP) is 3.11. The van der Waals surface area contributed by atoms with E-state index < -0.39 is 12.7 Å². The van der Waals surface area contributed by atoms with Gasteiger partial charge in [-0.3, -0.25) is 4.90 Å². The molecule has 0 spiro atoms. The standard InChI is InChI=1S/C17H28F3N5O.HI/c1-4-14-13(15(5-2)26-24-14)9-22-16(21-6-3)23-12-7-8-25(10-12)11-17(18,19)20;/h12H,4-11H2,1-3H3,(H2,21,22,23);1H. The number of likely N-dealkylation sites (tertiary alicyclic amines) is 1. The van der Waals surface area contributed by atoms with E-state index in [1.807, 2.05) is 20.8 Å². The number of halogens is 4. The fraction of sp³-hybridized carbons (Fsp3) is 0.765. The minimum absolute atomic E-state index is 0. The summed E-state index contributed by atoms with van der Waals surface area (Å²) in [5.74, 6) is 1.44. The molecule has 1 fully saturated rings. The Morgan fingerprint density at radius 2 is 2.04 bits per heavy atom. The van der Waals surface area contributed by atoms with Gasteiger partial charge < -0.3 is 15.2 Å². The molecule has 1 aromatic rings. The predicted molar refractivity (Wildman–Crippen MR) is 110 cm³/mol. The topological polar surface area (TPSA) is 65.7 Å². The van der Waals surface area contributed by atoms with E-state index in [2.05, 4.69) is 20.8 Å². The average Bonchev–Trinajstić information content (AvgIpc) is 3.17. The summed E-state index contributed by atoms with van der Waals surface area (Å²) >= 11 is 0. The second-order valence-electron chi connectivity index (χ2n) is 6.41. The molecular weight excluding hydrogens is 474 g/mol. The van der Waals surface area contributed by atoms with Gasteiger partial charge in [0.25, 0.3) is 0 Å². The Bertz CT molecular complexity index is 584. The van der Waals surface area contributed by atoms with E-state index in [0.717, 1.165) is 29.9 Å². The van der Waals surface area contributed by atoms with Gasteiger partial charge in [0.05, 0.1) is 18.8 Å². The van der Waals surface area contributed by atoms with Crippen molar-refractivity contribution in [1.29, 1.82) is 0 Å². The van der Waals surface area contributed by atoms with Crippen LogP contribution < -0.4 is 10.6 Å². The number of hydrogen-bond donors (Lipinski definition) is 2. The molecule has 6 nitrogen and oxygen atoms in total. The summed E-state index contributed by atoms with van der Waals surface area (Å²) < 4.78 is 42.9. The molecular formula is C17H29F3IN5O. The van der Waals surface area contributed by atoms with Crippen LogP contribution in [0, 0.1) is 0 Å². The van der Waals surface area contributed by atoms with Gasteiger partial charge in [-0.25, -0.2) is 4.99 Å². The van der Waals surface area contributed by atoms with Crippen LogP contribution in [-0.2, 0) is 19.4 Å². The van der Waals surface area contributed by atoms with Crippen molar-refractivity contribution in [2.45, 2.75) is 58.8 Å². The van der Waals surface area contributed by atoms with Crippen LogP contribution >= 0.6 is 24.0 Å². The van der Waals surface area contributed by atoms with Crippen molar-refractivity contribution < 1.29 is 17.7 Å². The van der Waals surface area contributed by atoms with Crippen LogP contribution in [0.3, 0.4) is 0 Å². The van der Waals surface area contributed by atoms with Crippen LogP contribution in [-0.4, -0.2) is 54.4 Å². The van der Waals surface area contributed by atoms with Crippen molar-refractivity contribution in [3.8, 4) is 0 Å². The smallest absolute Gasteiger partial charge is 0.361 e. The lowest BCUT2D eigenvalue weighted by Gasteiger charge is -2.19. The highest BCUT2D eigenvalue weighted by molar-refractivity contribution is 14.0. The highest BCUT2D eigenvalue weighted by Crippen LogP contribution is 2.20. The molecule has 2 heterocycles. The number of hydrogen-bond acceptors (Lipinski definition) is 4. The van der Waals surface area contributed by atoms with Crippen LogP contribution in [0.1, 0.15) is 44.2 Å². The van der Waals surface area contributed by atoms with Crippen molar-refractivity contribution >= 4 is 29.9 Å². The number of nitrogens with zero attached hydrogens (tertiary/aromatic N) is 3. The van der Waals surface area contributed by atoms with Gasteiger partial charge >= 0.3 is 6.18 Å². The SMILES string of the molecule is CCNC(=NCc1c(CC)noc1CC)NC1CCN(CC(F)(F)F)C1.I.